The lowest BCUT2D eigenvalue weighted by atomic mass is 9.81. The molecule has 1 aliphatic heterocycles. The molecule has 0 spiro atoms. The second-order valence-corrected chi connectivity index (χ2v) is 7.90. The minimum Gasteiger partial charge on any atom is -0.444 e. The molecule has 1 saturated heterocycles. The predicted octanol–water partition coefficient (Wildman–Crippen LogP) is 3.95. The van der Waals surface area contributed by atoms with Gasteiger partial charge in [0.2, 0.25) is 0 Å². The second kappa shape index (κ2) is 8.02. The van der Waals surface area contributed by atoms with Gasteiger partial charge in [0.15, 0.2) is 0 Å². The maximum Gasteiger partial charge on any atom is 0.410 e. The molecule has 2 atom stereocenters. The molecule has 0 aromatic heterocycles. The quantitative estimate of drug-likeness (QED) is 0.908. The number of carbonyl (C=O) groups excluding carboxylic acids is 1. The molecule has 2 rings (SSSR count). The van der Waals surface area contributed by atoms with Crippen LogP contribution in [0, 0.1) is 12.8 Å². The van der Waals surface area contributed by atoms with Gasteiger partial charge in [0, 0.05) is 25.6 Å². The average molecular weight is 332 g/mol. The monoisotopic (exact) mass is 332 g/mol. The number of benzene rings is 1. The Bertz CT molecular complexity index is 534. The number of aryl methyl sites for hydroxylation is 1. The third-order valence-electron chi connectivity index (χ3n) is 4.61. The van der Waals surface area contributed by atoms with Crippen molar-refractivity contribution in [3.63, 3.8) is 0 Å². The van der Waals surface area contributed by atoms with E-state index in [0.29, 0.717) is 11.8 Å². The first kappa shape index (κ1) is 18.8. The van der Waals surface area contributed by atoms with Crippen molar-refractivity contribution < 1.29 is 9.53 Å². The van der Waals surface area contributed by atoms with Crippen LogP contribution in [-0.2, 0) is 4.74 Å². The van der Waals surface area contributed by atoms with E-state index >= 15 is 0 Å². The van der Waals surface area contributed by atoms with E-state index in [-0.39, 0.29) is 6.09 Å². The highest BCUT2D eigenvalue weighted by Crippen LogP contribution is 2.32. The molecule has 1 N–H and O–H groups in total. The van der Waals surface area contributed by atoms with Gasteiger partial charge in [0.05, 0.1) is 0 Å². The van der Waals surface area contributed by atoms with Crippen LogP contribution >= 0.6 is 0 Å². The molecule has 1 aliphatic rings. The van der Waals surface area contributed by atoms with E-state index in [1.165, 1.54) is 11.1 Å². The van der Waals surface area contributed by atoms with Gasteiger partial charge in [-0.2, -0.15) is 0 Å². The van der Waals surface area contributed by atoms with Gasteiger partial charge < -0.3 is 15.0 Å². The van der Waals surface area contributed by atoms with E-state index in [0.717, 1.165) is 32.5 Å². The Hall–Kier alpha value is -1.55. The number of rotatable bonds is 4. The molecule has 1 fully saturated rings. The number of likely N-dealkylation sites (N-methyl/N-ethyl adjacent to an activating group) is 1. The maximum atomic E-state index is 12.4. The minimum atomic E-state index is -0.439. The smallest absolute Gasteiger partial charge is 0.410 e. The van der Waals surface area contributed by atoms with Crippen molar-refractivity contribution in [1.82, 2.24) is 10.2 Å². The lowest BCUT2D eigenvalue weighted by Crippen LogP contribution is -2.45. The molecule has 24 heavy (non-hydrogen) atoms. The van der Waals surface area contributed by atoms with Crippen LogP contribution in [0.3, 0.4) is 0 Å². The van der Waals surface area contributed by atoms with Crippen LogP contribution < -0.4 is 5.32 Å². The number of nitrogens with zero attached hydrogens (tertiary/aromatic N) is 1. The number of hydrogen-bond donors (Lipinski definition) is 1. The third kappa shape index (κ3) is 5.23. The van der Waals surface area contributed by atoms with Gasteiger partial charge in [-0.05, 0) is 59.1 Å². The molecule has 1 aromatic carbocycles. The second-order valence-electron chi connectivity index (χ2n) is 7.90. The topological polar surface area (TPSA) is 41.6 Å². The Morgan fingerprint density at radius 3 is 2.58 bits per heavy atom. The zero-order valence-electron chi connectivity index (χ0n) is 15.8. The van der Waals surface area contributed by atoms with Crippen molar-refractivity contribution in [2.75, 3.05) is 26.7 Å². The van der Waals surface area contributed by atoms with Crippen molar-refractivity contribution in [2.24, 2.45) is 5.92 Å². The van der Waals surface area contributed by atoms with Crippen LogP contribution in [0.2, 0.25) is 0 Å². The Morgan fingerprint density at radius 2 is 2.00 bits per heavy atom. The van der Waals surface area contributed by atoms with Gasteiger partial charge in [0.25, 0.3) is 0 Å². The van der Waals surface area contributed by atoms with Gasteiger partial charge in [0.1, 0.15) is 5.60 Å². The molecule has 1 aromatic rings. The molecular formula is C20H32N2O2. The van der Waals surface area contributed by atoms with Crippen molar-refractivity contribution >= 4 is 6.09 Å². The number of hydrogen-bond acceptors (Lipinski definition) is 3. The average Bonchev–Trinajstić information content (AvgIpc) is 2.52. The lowest BCUT2D eigenvalue weighted by molar-refractivity contribution is 0.0151. The fourth-order valence-electron chi connectivity index (χ4n) is 3.42. The first-order valence-electron chi connectivity index (χ1n) is 8.99. The fourth-order valence-corrected chi connectivity index (χ4v) is 3.42. The summed E-state index contributed by atoms with van der Waals surface area (Å²) < 4.78 is 5.56. The van der Waals surface area contributed by atoms with E-state index in [9.17, 15) is 4.79 Å². The van der Waals surface area contributed by atoms with E-state index in [2.05, 4.69) is 36.5 Å². The Balaban J connectivity index is 2.09. The molecule has 1 heterocycles. The largest absolute Gasteiger partial charge is 0.444 e. The molecule has 0 aliphatic carbocycles. The van der Waals surface area contributed by atoms with Crippen LogP contribution in [-0.4, -0.2) is 43.3 Å². The van der Waals surface area contributed by atoms with Gasteiger partial charge >= 0.3 is 6.09 Å². The molecule has 0 radical (unpaired) electrons. The summed E-state index contributed by atoms with van der Waals surface area (Å²) in [6.45, 7) is 10.4. The number of ether oxygens (including phenoxy) is 1. The maximum absolute atomic E-state index is 12.4. The summed E-state index contributed by atoms with van der Waals surface area (Å²) in [5, 5.41) is 3.33. The SMILES string of the molecule is CNCC(c1ccc(C)cc1)C1CCCN(C(=O)OC(C)(C)C)C1. The van der Waals surface area contributed by atoms with Crippen LogP contribution in [0.5, 0.6) is 0 Å². The molecule has 0 bridgehead atoms. The van der Waals surface area contributed by atoms with Gasteiger partial charge in [-0.15, -0.1) is 0 Å². The third-order valence-corrected chi connectivity index (χ3v) is 4.61. The van der Waals surface area contributed by atoms with E-state index in [1.807, 2.05) is 32.7 Å². The summed E-state index contributed by atoms with van der Waals surface area (Å²) in [4.78, 5) is 14.3. The number of amides is 1. The van der Waals surface area contributed by atoms with Crippen molar-refractivity contribution in [3.05, 3.63) is 35.4 Å². The Kier molecular flexibility index (Phi) is 6.27. The van der Waals surface area contributed by atoms with Crippen LogP contribution in [0.15, 0.2) is 24.3 Å². The predicted molar refractivity (Wildman–Crippen MR) is 98.4 cm³/mol. The Morgan fingerprint density at radius 1 is 1.33 bits per heavy atom. The summed E-state index contributed by atoms with van der Waals surface area (Å²) in [6.07, 6.45) is 2.01. The van der Waals surface area contributed by atoms with E-state index in [4.69, 9.17) is 4.74 Å². The zero-order valence-corrected chi connectivity index (χ0v) is 15.8. The first-order chi connectivity index (χ1) is 11.3. The minimum absolute atomic E-state index is 0.181. The molecule has 1 amide bonds. The molecular weight excluding hydrogens is 300 g/mol. The fraction of sp³-hybridized carbons (Fsp3) is 0.650. The number of piperidine rings is 1. The molecule has 134 valence electrons. The van der Waals surface area contributed by atoms with E-state index in [1.54, 1.807) is 0 Å². The highest BCUT2D eigenvalue weighted by molar-refractivity contribution is 5.68. The summed E-state index contributed by atoms with van der Waals surface area (Å²) in [6, 6.07) is 8.80. The van der Waals surface area contributed by atoms with Crippen LogP contribution in [0.4, 0.5) is 4.79 Å². The molecule has 4 nitrogen and oxygen atoms in total. The highest BCUT2D eigenvalue weighted by atomic mass is 16.6. The zero-order chi connectivity index (χ0) is 17.7. The van der Waals surface area contributed by atoms with Gasteiger partial charge in [-0.25, -0.2) is 4.79 Å². The van der Waals surface area contributed by atoms with Crippen molar-refractivity contribution in [1.29, 1.82) is 0 Å². The van der Waals surface area contributed by atoms with Crippen LogP contribution in [0.25, 0.3) is 0 Å². The van der Waals surface area contributed by atoms with Gasteiger partial charge in [-0.3, -0.25) is 0 Å². The summed E-state index contributed by atoms with van der Waals surface area (Å²) in [5.41, 5.74) is 2.19. The summed E-state index contributed by atoms with van der Waals surface area (Å²) >= 11 is 0. The van der Waals surface area contributed by atoms with Crippen molar-refractivity contribution in [2.45, 2.75) is 52.1 Å². The normalized spacial score (nSPS) is 19.9. The number of nitrogens with one attached hydrogen (secondary N) is 1. The standard InChI is InChI=1S/C20H32N2O2/c1-15-8-10-16(11-9-15)18(13-21-5)17-7-6-12-22(14-17)19(23)24-20(2,3)4/h8-11,17-18,21H,6-7,12-14H2,1-5H3. The number of carbonyl (C=O) groups is 1. The van der Waals surface area contributed by atoms with Crippen molar-refractivity contribution in [3.8, 4) is 0 Å². The highest BCUT2D eigenvalue weighted by Gasteiger charge is 2.32. The lowest BCUT2D eigenvalue weighted by Gasteiger charge is -2.38. The first-order valence-corrected chi connectivity index (χ1v) is 8.99. The summed E-state index contributed by atoms with van der Waals surface area (Å²) in [7, 11) is 2.00. The van der Waals surface area contributed by atoms with Crippen LogP contribution in [0.1, 0.15) is 50.7 Å². The molecule has 0 saturated carbocycles. The van der Waals surface area contributed by atoms with E-state index < -0.39 is 5.60 Å². The summed E-state index contributed by atoms with van der Waals surface area (Å²) in [5.74, 6) is 0.877. The molecule has 4 heteroatoms. The van der Waals surface area contributed by atoms with Gasteiger partial charge in [-0.1, -0.05) is 29.8 Å². The molecule has 2 unspecified atom stereocenters. The number of likely N-dealkylation sites (tertiary alicyclic amines) is 1. The Labute approximate surface area is 146 Å².